The summed E-state index contributed by atoms with van der Waals surface area (Å²) in [5.74, 6) is 0.806. The molecule has 1 heterocycles. The predicted octanol–water partition coefficient (Wildman–Crippen LogP) is 4.71. The van der Waals surface area contributed by atoms with Gasteiger partial charge in [0.15, 0.2) is 16.8 Å². The van der Waals surface area contributed by atoms with Crippen molar-refractivity contribution in [3.05, 3.63) is 96.1 Å². The summed E-state index contributed by atoms with van der Waals surface area (Å²) in [5, 5.41) is 12.1. The van der Waals surface area contributed by atoms with E-state index in [1.165, 1.54) is 11.8 Å². The van der Waals surface area contributed by atoms with Crippen LogP contribution in [0, 0.1) is 0 Å². The maximum atomic E-state index is 12.4. The molecular formula is C24H20N4O2S. The molecule has 1 N–H and O–H groups in total. The van der Waals surface area contributed by atoms with Gasteiger partial charge in [0.05, 0.1) is 5.75 Å². The van der Waals surface area contributed by atoms with Crippen molar-refractivity contribution in [3.63, 3.8) is 0 Å². The average molecular weight is 429 g/mol. The molecule has 1 amide bonds. The van der Waals surface area contributed by atoms with Gasteiger partial charge in [-0.2, -0.15) is 0 Å². The number of carbonyl (C=O) groups excluding carboxylic acids is 2. The molecule has 0 saturated heterocycles. The summed E-state index contributed by atoms with van der Waals surface area (Å²) >= 11 is 1.35. The Morgan fingerprint density at radius 1 is 0.871 bits per heavy atom. The van der Waals surface area contributed by atoms with Crippen molar-refractivity contribution in [2.75, 3.05) is 11.1 Å². The van der Waals surface area contributed by atoms with E-state index in [1.807, 2.05) is 72.3 Å². The molecule has 3 aromatic carbocycles. The van der Waals surface area contributed by atoms with Crippen molar-refractivity contribution >= 4 is 29.1 Å². The third-order valence-electron chi connectivity index (χ3n) is 4.68. The highest BCUT2D eigenvalue weighted by atomic mass is 32.2. The zero-order chi connectivity index (χ0) is 21.6. The zero-order valence-electron chi connectivity index (χ0n) is 16.9. The predicted molar refractivity (Wildman–Crippen MR) is 122 cm³/mol. The van der Waals surface area contributed by atoms with Gasteiger partial charge in [-0.15, -0.1) is 10.2 Å². The quantitative estimate of drug-likeness (QED) is 0.341. The van der Waals surface area contributed by atoms with Gasteiger partial charge in [0.2, 0.25) is 0 Å². The fourth-order valence-electron chi connectivity index (χ4n) is 3.06. The van der Waals surface area contributed by atoms with Crippen molar-refractivity contribution < 1.29 is 9.59 Å². The van der Waals surface area contributed by atoms with Crippen LogP contribution in [0.15, 0.2) is 90.1 Å². The van der Waals surface area contributed by atoms with Crippen LogP contribution in [0.2, 0.25) is 0 Å². The molecule has 7 heteroatoms. The SMILES string of the molecule is Cn1c(SCC(=O)c2ccccc2)nnc1-c1cccc(NC(=O)c2ccccc2)c1. The molecule has 0 bridgehead atoms. The zero-order valence-corrected chi connectivity index (χ0v) is 17.7. The van der Waals surface area contributed by atoms with Crippen molar-refractivity contribution in [1.29, 1.82) is 0 Å². The van der Waals surface area contributed by atoms with Gasteiger partial charge in [0.1, 0.15) is 0 Å². The van der Waals surface area contributed by atoms with Gasteiger partial charge in [-0.1, -0.05) is 72.4 Å². The minimum absolute atomic E-state index is 0.0424. The number of nitrogens with one attached hydrogen (secondary N) is 1. The van der Waals surface area contributed by atoms with E-state index in [9.17, 15) is 9.59 Å². The third kappa shape index (κ3) is 4.90. The Hall–Kier alpha value is -3.71. The van der Waals surface area contributed by atoms with Gasteiger partial charge in [-0.3, -0.25) is 9.59 Å². The largest absolute Gasteiger partial charge is 0.322 e. The van der Waals surface area contributed by atoms with E-state index in [0.29, 0.717) is 27.8 Å². The number of carbonyl (C=O) groups is 2. The van der Waals surface area contributed by atoms with Crippen LogP contribution in [0.3, 0.4) is 0 Å². The van der Waals surface area contributed by atoms with E-state index < -0.39 is 0 Å². The highest BCUT2D eigenvalue weighted by Gasteiger charge is 2.14. The maximum Gasteiger partial charge on any atom is 0.255 e. The Bertz CT molecular complexity index is 1210. The highest BCUT2D eigenvalue weighted by molar-refractivity contribution is 7.99. The molecule has 4 aromatic rings. The lowest BCUT2D eigenvalue weighted by atomic mass is 10.1. The molecule has 0 aliphatic heterocycles. The maximum absolute atomic E-state index is 12.4. The number of amides is 1. The fourth-order valence-corrected chi connectivity index (χ4v) is 3.86. The Morgan fingerprint density at radius 3 is 2.26 bits per heavy atom. The van der Waals surface area contributed by atoms with Crippen LogP contribution in [0.4, 0.5) is 5.69 Å². The average Bonchev–Trinajstić information content (AvgIpc) is 3.19. The van der Waals surface area contributed by atoms with Crippen molar-refractivity contribution in [2.24, 2.45) is 7.05 Å². The van der Waals surface area contributed by atoms with Crippen LogP contribution in [0.25, 0.3) is 11.4 Å². The molecule has 0 radical (unpaired) electrons. The smallest absolute Gasteiger partial charge is 0.255 e. The van der Waals surface area contributed by atoms with Gasteiger partial charge >= 0.3 is 0 Å². The first kappa shape index (κ1) is 20.6. The number of nitrogens with zero attached hydrogens (tertiary/aromatic N) is 3. The molecule has 0 unspecified atom stereocenters. The second-order valence-electron chi connectivity index (χ2n) is 6.84. The number of benzene rings is 3. The molecule has 0 spiro atoms. The number of thioether (sulfide) groups is 1. The lowest BCUT2D eigenvalue weighted by molar-refractivity contribution is 0.101. The number of ketones is 1. The molecule has 1 aromatic heterocycles. The number of hydrogen-bond donors (Lipinski definition) is 1. The highest BCUT2D eigenvalue weighted by Crippen LogP contribution is 2.25. The summed E-state index contributed by atoms with van der Waals surface area (Å²) in [6.07, 6.45) is 0. The Balaban J connectivity index is 1.47. The third-order valence-corrected chi connectivity index (χ3v) is 5.70. The number of aromatic nitrogens is 3. The molecule has 4 rings (SSSR count). The van der Waals surface area contributed by atoms with Gasteiger partial charge < -0.3 is 9.88 Å². The Labute approximate surface area is 184 Å². The van der Waals surface area contributed by atoms with Crippen LogP contribution in [-0.2, 0) is 7.05 Å². The first-order valence-electron chi connectivity index (χ1n) is 9.69. The number of hydrogen-bond acceptors (Lipinski definition) is 5. The minimum atomic E-state index is -0.175. The van der Waals surface area contributed by atoms with Crippen LogP contribution in [0.5, 0.6) is 0 Å². The summed E-state index contributed by atoms with van der Waals surface area (Å²) in [7, 11) is 1.86. The second-order valence-corrected chi connectivity index (χ2v) is 7.79. The molecule has 0 fully saturated rings. The lowest BCUT2D eigenvalue weighted by Gasteiger charge is -2.08. The van der Waals surface area contributed by atoms with E-state index in [-0.39, 0.29) is 17.4 Å². The van der Waals surface area contributed by atoms with Gasteiger partial charge in [-0.05, 0) is 24.3 Å². The van der Waals surface area contributed by atoms with E-state index in [2.05, 4.69) is 15.5 Å². The first-order chi connectivity index (χ1) is 15.1. The van der Waals surface area contributed by atoms with Crippen LogP contribution < -0.4 is 5.32 Å². The Morgan fingerprint density at radius 2 is 1.55 bits per heavy atom. The Kier molecular flexibility index (Phi) is 6.24. The standard InChI is InChI=1S/C24H20N4O2S/c1-28-22(26-27-24(28)31-16-21(29)17-9-4-2-5-10-17)19-13-8-14-20(15-19)25-23(30)18-11-6-3-7-12-18/h2-15H,16H2,1H3,(H,25,30). The number of anilines is 1. The summed E-state index contributed by atoms with van der Waals surface area (Å²) in [5.41, 5.74) is 2.76. The second kappa shape index (κ2) is 9.40. The van der Waals surface area contributed by atoms with Crippen molar-refractivity contribution in [2.45, 2.75) is 5.16 Å². The van der Waals surface area contributed by atoms with E-state index in [4.69, 9.17) is 0 Å². The minimum Gasteiger partial charge on any atom is -0.322 e. The lowest BCUT2D eigenvalue weighted by Crippen LogP contribution is -2.11. The normalized spacial score (nSPS) is 10.6. The molecule has 0 atom stereocenters. The molecule has 6 nitrogen and oxygen atoms in total. The topological polar surface area (TPSA) is 76.9 Å². The molecule has 0 aliphatic carbocycles. The molecule has 0 aliphatic rings. The summed E-state index contributed by atoms with van der Waals surface area (Å²) < 4.78 is 1.85. The first-order valence-corrected chi connectivity index (χ1v) is 10.7. The number of rotatable bonds is 7. The summed E-state index contributed by atoms with van der Waals surface area (Å²) in [6.45, 7) is 0. The molecule has 0 saturated carbocycles. The van der Waals surface area contributed by atoms with E-state index in [0.717, 1.165) is 5.56 Å². The van der Waals surface area contributed by atoms with Gasteiger partial charge in [0.25, 0.3) is 5.91 Å². The van der Waals surface area contributed by atoms with Crippen molar-refractivity contribution in [3.8, 4) is 11.4 Å². The molecule has 154 valence electrons. The fraction of sp³-hybridized carbons (Fsp3) is 0.0833. The monoisotopic (exact) mass is 428 g/mol. The van der Waals surface area contributed by atoms with Gasteiger partial charge in [-0.25, -0.2) is 0 Å². The van der Waals surface area contributed by atoms with E-state index >= 15 is 0 Å². The molecular weight excluding hydrogens is 408 g/mol. The van der Waals surface area contributed by atoms with E-state index in [1.54, 1.807) is 24.3 Å². The molecule has 31 heavy (non-hydrogen) atoms. The van der Waals surface area contributed by atoms with Crippen molar-refractivity contribution in [1.82, 2.24) is 14.8 Å². The summed E-state index contributed by atoms with van der Waals surface area (Å²) in [6, 6.07) is 25.7. The number of Topliss-reactive ketones (excluding diaryl/α,β-unsaturated/α-hetero) is 1. The van der Waals surface area contributed by atoms with Crippen LogP contribution in [-0.4, -0.2) is 32.2 Å². The van der Waals surface area contributed by atoms with Crippen LogP contribution >= 0.6 is 11.8 Å². The van der Waals surface area contributed by atoms with Gasteiger partial charge in [0, 0.05) is 29.4 Å². The van der Waals surface area contributed by atoms with Crippen LogP contribution in [0.1, 0.15) is 20.7 Å². The summed E-state index contributed by atoms with van der Waals surface area (Å²) in [4.78, 5) is 24.8.